The maximum absolute atomic E-state index is 9.91. The molecule has 1 atom stereocenters. The summed E-state index contributed by atoms with van der Waals surface area (Å²) in [5.74, 6) is 0. The van der Waals surface area contributed by atoms with E-state index < -0.39 is 6.10 Å². The second-order valence-corrected chi connectivity index (χ2v) is 4.33. The van der Waals surface area contributed by atoms with Crippen LogP contribution in [0.25, 0.3) is 0 Å². The fourth-order valence-corrected chi connectivity index (χ4v) is 2.20. The van der Waals surface area contributed by atoms with Crippen LogP contribution in [0.15, 0.2) is 16.6 Å². The number of halogens is 1. The minimum Gasteiger partial charge on any atom is -0.387 e. The van der Waals surface area contributed by atoms with Crippen molar-refractivity contribution in [3.63, 3.8) is 0 Å². The lowest BCUT2D eigenvalue weighted by molar-refractivity contribution is 0.176. The fourth-order valence-electron chi connectivity index (χ4n) is 1.51. The van der Waals surface area contributed by atoms with Gasteiger partial charge in [0.15, 0.2) is 0 Å². The minimum absolute atomic E-state index is 0.450. The van der Waals surface area contributed by atoms with E-state index in [9.17, 15) is 5.11 Å². The monoisotopic (exact) mass is 257 g/mol. The van der Waals surface area contributed by atoms with Crippen LogP contribution < -0.4 is 5.32 Å². The second kappa shape index (κ2) is 4.91. The van der Waals surface area contributed by atoms with Crippen LogP contribution in [-0.2, 0) is 0 Å². The molecule has 0 saturated carbocycles. The van der Waals surface area contributed by atoms with Crippen molar-refractivity contribution >= 4 is 15.9 Å². The lowest BCUT2D eigenvalue weighted by atomic mass is 9.99. The number of aliphatic hydroxyl groups is 1. The third-order valence-electron chi connectivity index (χ3n) is 2.46. The van der Waals surface area contributed by atoms with Gasteiger partial charge in [0.25, 0.3) is 0 Å². The van der Waals surface area contributed by atoms with E-state index in [0.717, 1.165) is 15.6 Å². The molecular weight excluding hydrogens is 242 g/mol. The molecule has 0 heterocycles. The first-order valence-corrected chi connectivity index (χ1v) is 5.45. The smallest absolute Gasteiger partial charge is 0.0927 e. The van der Waals surface area contributed by atoms with Crippen molar-refractivity contribution in [2.24, 2.45) is 0 Å². The predicted molar refractivity (Wildman–Crippen MR) is 62.5 cm³/mol. The van der Waals surface area contributed by atoms with Gasteiger partial charge in [0.1, 0.15) is 0 Å². The van der Waals surface area contributed by atoms with E-state index in [1.54, 1.807) is 0 Å². The Hall–Kier alpha value is -0.380. The molecule has 14 heavy (non-hydrogen) atoms. The largest absolute Gasteiger partial charge is 0.387 e. The molecule has 1 rings (SSSR count). The first-order valence-electron chi connectivity index (χ1n) is 4.66. The predicted octanol–water partition coefficient (Wildman–Crippen LogP) is 2.32. The van der Waals surface area contributed by atoms with E-state index >= 15 is 0 Å². The molecule has 1 unspecified atom stereocenters. The van der Waals surface area contributed by atoms with Crippen LogP contribution in [0.2, 0.25) is 0 Å². The summed E-state index contributed by atoms with van der Waals surface area (Å²) in [6.45, 7) is 4.66. The SMILES string of the molecule is CNCC(O)c1c(Br)ccc(C)c1C. The highest BCUT2D eigenvalue weighted by molar-refractivity contribution is 9.10. The highest BCUT2D eigenvalue weighted by Gasteiger charge is 2.14. The molecule has 3 heteroatoms. The van der Waals surface area contributed by atoms with E-state index in [0.29, 0.717) is 6.54 Å². The Labute approximate surface area is 93.5 Å². The zero-order valence-electron chi connectivity index (χ0n) is 8.76. The summed E-state index contributed by atoms with van der Waals surface area (Å²) >= 11 is 3.46. The van der Waals surface area contributed by atoms with Crippen LogP contribution in [0.3, 0.4) is 0 Å². The Morgan fingerprint density at radius 2 is 2.07 bits per heavy atom. The molecule has 0 amide bonds. The molecule has 0 saturated heterocycles. The Morgan fingerprint density at radius 1 is 1.43 bits per heavy atom. The van der Waals surface area contributed by atoms with Crippen molar-refractivity contribution in [3.05, 3.63) is 33.3 Å². The van der Waals surface area contributed by atoms with Gasteiger partial charge in [0, 0.05) is 11.0 Å². The van der Waals surface area contributed by atoms with Crippen molar-refractivity contribution < 1.29 is 5.11 Å². The van der Waals surface area contributed by atoms with Gasteiger partial charge in [0.2, 0.25) is 0 Å². The maximum Gasteiger partial charge on any atom is 0.0927 e. The Morgan fingerprint density at radius 3 is 2.64 bits per heavy atom. The van der Waals surface area contributed by atoms with Gasteiger partial charge in [0.05, 0.1) is 6.10 Å². The minimum atomic E-state index is -0.450. The molecule has 0 fully saturated rings. The maximum atomic E-state index is 9.91. The quantitative estimate of drug-likeness (QED) is 0.872. The summed E-state index contributed by atoms with van der Waals surface area (Å²) in [6.07, 6.45) is -0.450. The van der Waals surface area contributed by atoms with Crippen molar-refractivity contribution in [2.45, 2.75) is 20.0 Å². The lowest BCUT2D eigenvalue weighted by Crippen LogP contribution is -2.18. The van der Waals surface area contributed by atoms with Gasteiger partial charge >= 0.3 is 0 Å². The van der Waals surface area contributed by atoms with Gasteiger partial charge in [-0.25, -0.2) is 0 Å². The molecule has 1 aromatic carbocycles. The standard InChI is InChI=1S/C11H16BrNO/c1-7-4-5-9(12)11(8(7)2)10(14)6-13-3/h4-5,10,13-14H,6H2,1-3H3. The lowest BCUT2D eigenvalue weighted by Gasteiger charge is -2.16. The number of aliphatic hydroxyl groups excluding tert-OH is 1. The van der Waals surface area contributed by atoms with Crippen molar-refractivity contribution in [2.75, 3.05) is 13.6 Å². The molecule has 78 valence electrons. The summed E-state index contributed by atoms with van der Waals surface area (Å²) in [7, 11) is 1.84. The van der Waals surface area contributed by atoms with Gasteiger partial charge in [-0.15, -0.1) is 0 Å². The molecule has 2 nitrogen and oxygen atoms in total. The molecule has 0 aromatic heterocycles. The molecular formula is C11H16BrNO. The summed E-state index contributed by atoms with van der Waals surface area (Å²) in [5, 5.41) is 12.9. The molecule has 0 aliphatic carbocycles. The first kappa shape index (κ1) is 11.7. The normalized spacial score (nSPS) is 12.9. The van der Waals surface area contributed by atoms with Gasteiger partial charge < -0.3 is 10.4 Å². The van der Waals surface area contributed by atoms with E-state index in [1.165, 1.54) is 5.56 Å². The molecule has 1 aromatic rings. The van der Waals surface area contributed by atoms with Crippen LogP contribution in [-0.4, -0.2) is 18.7 Å². The Kier molecular flexibility index (Phi) is 4.11. The van der Waals surface area contributed by atoms with Crippen LogP contribution in [0.5, 0.6) is 0 Å². The van der Waals surface area contributed by atoms with Gasteiger partial charge in [-0.1, -0.05) is 22.0 Å². The number of aryl methyl sites for hydroxylation is 1. The van der Waals surface area contributed by atoms with Gasteiger partial charge in [-0.2, -0.15) is 0 Å². The van der Waals surface area contributed by atoms with Gasteiger partial charge in [-0.3, -0.25) is 0 Å². The molecule has 0 spiro atoms. The van der Waals surface area contributed by atoms with Crippen molar-refractivity contribution in [3.8, 4) is 0 Å². The van der Waals surface area contributed by atoms with Crippen LogP contribution in [0, 0.1) is 13.8 Å². The molecule has 0 bridgehead atoms. The molecule has 0 aliphatic rings. The Bertz CT molecular complexity index is 325. The van der Waals surface area contributed by atoms with Crippen LogP contribution >= 0.6 is 15.9 Å². The number of nitrogens with one attached hydrogen (secondary N) is 1. The number of hydrogen-bond donors (Lipinski definition) is 2. The van der Waals surface area contributed by atoms with E-state index in [2.05, 4.69) is 34.2 Å². The highest BCUT2D eigenvalue weighted by Crippen LogP contribution is 2.28. The average Bonchev–Trinajstić information content (AvgIpc) is 2.13. The van der Waals surface area contributed by atoms with Crippen molar-refractivity contribution in [1.82, 2.24) is 5.32 Å². The first-order chi connectivity index (χ1) is 6.57. The number of hydrogen-bond acceptors (Lipinski definition) is 2. The average molecular weight is 258 g/mol. The summed E-state index contributed by atoms with van der Waals surface area (Å²) in [5.41, 5.74) is 3.35. The van der Waals surface area contributed by atoms with Gasteiger partial charge in [-0.05, 0) is 43.7 Å². The van der Waals surface area contributed by atoms with E-state index in [1.807, 2.05) is 20.0 Å². The number of rotatable bonds is 3. The summed E-state index contributed by atoms with van der Waals surface area (Å²) < 4.78 is 0.975. The van der Waals surface area contributed by atoms with Crippen LogP contribution in [0.1, 0.15) is 22.8 Å². The summed E-state index contributed by atoms with van der Waals surface area (Å²) in [6, 6.07) is 4.03. The van der Waals surface area contributed by atoms with Crippen molar-refractivity contribution in [1.29, 1.82) is 0 Å². The van der Waals surface area contributed by atoms with E-state index in [4.69, 9.17) is 0 Å². The number of likely N-dealkylation sites (N-methyl/N-ethyl adjacent to an activating group) is 1. The Balaban J connectivity index is 3.11. The molecule has 2 N–H and O–H groups in total. The fraction of sp³-hybridized carbons (Fsp3) is 0.455. The molecule has 0 aliphatic heterocycles. The zero-order valence-corrected chi connectivity index (χ0v) is 10.4. The summed E-state index contributed by atoms with van der Waals surface area (Å²) in [4.78, 5) is 0. The van der Waals surface area contributed by atoms with Crippen LogP contribution in [0.4, 0.5) is 0 Å². The van der Waals surface area contributed by atoms with E-state index in [-0.39, 0.29) is 0 Å². The topological polar surface area (TPSA) is 32.3 Å². The second-order valence-electron chi connectivity index (χ2n) is 3.48. The highest BCUT2D eigenvalue weighted by atomic mass is 79.9. The zero-order chi connectivity index (χ0) is 10.7. The third-order valence-corrected chi connectivity index (χ3v) is 3.15. The molecule has 0 radical (unpaired) electrons. The third kappa shape index (κ3) is 2.35. The number of benzene rings is 1.